The summed E-state index contributed by atoms with van der Waals surface area (Å²) >= 11 is 0. The van der Waals surface area contributed by atoms with Gasteiger partial charge in [-0.1, -0.05) is 32.3 Å². The molecule has 3 heteroatoms. The molecule has 0 bridgehead atoms. The highest BCUT2D eigenvalue weighted by Crippen LogP contribution is 2.17. The smallest absolute Gasteiger partial charge is 0.128 e. The van der Waals surface area contributed by atoms with Crippen molar-refractivity contribution in [1.29, 1.82) is 0 Å². The number of pyridine rings is 1. The first-order valence-corrected chi connectivity index (χ1v) is 7.80. The number of anilines is 1. The molecule has 1 aliphatic rings. The molecule has 0 atom stereocenters. The van der Waals surface area contributed by atoms with Crippen LogP contribution in [0.1, 0.15) is 51.0 Å². The quantitative estimate of drug-likeness (QED) is 0.824. The second kappa shape index (κ2) is 8.16. The summed E-state index contributed by atoms with van der Waals surface area (Å²) in [6, 6.07) is 4.40. The summed E-state index contributed by atoms with van der Waals surface area (Å²) in [6.07, 6.45) is 9.97. The predicted octanol–water partition coefficient (Wildman–Crippen LogP) is 3.35. The van der Waals surface area contributed by atoms with Crippen LogP contribution in [0.5, 0.6) is 0 Å². The van der Waals surface area contributed by atoms with Gasteiger partial charge in [-0.15, -0.1) is 0 Å². The van der Waals surface area contributed by atoms with Crippen LogP contribution >= 0.6 is 0 Å². The lowest BCUT2D eigenvalue weighted by atomic mass is 10.1. The van der Waals surface area contributed by atoms with Gasteiger partial charge in [0, 0.05) is 25.8 Å². The molecule has 1 aromatic rings. The maximum Gasteiger partial charge on any atom is 0.128 e. The zero-order valence-electron chi connectivity index (χ0n) is 12.2. The van der Waals surface area contributed by atoms with Gasteiger partial charge in [0.1, 0.15) is 5.82 Å². The number of aromatic nitrogens is 1. The van der Waals surface area contributed by atoms with E-state index in [-0.39, 0.29) is 0 Å². The Labute approximate surface area is 117 Å². The molecule has 0 aromatic carbocycles. The van der Waals surface area contributed by atoms with E-state index in [0.717, 1.165) is 18.9 Å². The minimum atomic E-state index is 0.932. The largest absolute Gasteiger partial charge is 0.357 e. The summed E-state index contributed by atoms with van der Waals surface area (Å²) in [5, 5.41) is 3.42. The van der Waals surface area contributed by atoms with Gasteiger partial charge in [-0.05, 0) is 37.4 Å². The van der Waals surface area contributed by atoms with E-state index in [1.54, 1.807) is 0 Å². The maximum absolute atomic E-state index is 4.64. The Morgan fingerprint density at radius 3 is 2.47 bits per heavy atom. The number of rotatable bonds is 5. The average Bonchev–Trinajstić information content (AvgIpc) is 2.40. The lowest BCUT2D eigenvalue weighted by Crippen LogP contribution is -2.27. The summed E-state index contributed by atoms with van der Waals surface area (Å²) < 4.78 is 0. The zero-order valence-corrected chi connectivity index (χ0v) is 12.2. The van der Waals surface area contributed by atoms with Crippen LogP contribution < -0.4 is 10.2 Å². The van der Waals surface area contributed by atoms with Crippen LogP contribution in [0.3, 0.4) is 0 Å². The zero-order chi connectivity index (χ0) is 13.3. The second-order valence-electron chi connectivity index (χ2n) is 5.46. The van der Waals surface area contributed by atoms with Gasteiger partial charge in [-0.2, -0.15) is 0 Å². The number of nitrogens with zero attached hydrogens (tertiary/aromatic N) is 2. The highest BCUT2D eigenvalue weighted by atomic mass is 15.2. The van der Waals surface area contributed by atoms with E-state index in [1.165, 1.54) is 57.2 Å². The lowest BCUT2D eigenvalue weighted by Gasteiger charge is -2.25. The normalized spacial score (nSPS) is 17.0. The van der Waals surface area contributed by atoms with E-state index < -0.39 is 0 Å². The topological polar surface area (TPSA) is 28.2 Å². The van der Waals surface area contributed by atoms with Gasteiger partial charge in [0.05, 0.1) is 0 Å². The molecule has 1 aliphatic heterocycles. The molecule has 0 spiro atoms. The Morgan fingerprint density at radius 2 is 1.84 bits per heavy atom. The van der Waals surface area contributed by atoms with E-state index in [0.29, 0.717) is 0 Å². The van der Waals surface area contributed by atoms with Crippen LogP contribution in [0.25, 0.3) is 0 Å². The number of hydrogen-bond donors (Lipinski definition) is 1. The molecule has 0 saturated carbocycles. The van der Waals surface area contributed by atoms with Crippen LogP contribution in [-0.4, -0.2) is 24.6 Å². The first kappa shape index (κ1) is 14.3. The van der Waals surface area contributed by atoms with Crippen LogP contribution in [0.4, 0.5) is 5.82 Å². The van der Waals surface area contributed by atoms with Crippen molar-refractivity contribution in [2.45, 2.75) is 52.0 Å². The predicted molar refractivity (Wildman–Crippen MR) is 81.5 cm³/mol. The van der Waals surface area contributed by atoms with Gasteiger partial charge in [0.25, 0.3) is 0 Å². The van der Waals surface area contributed by atoms with Crippen LogP contribution in [0.2, 0.25) is 0 Å². The molecule has 1 N–H and O–H groups in total. The van der Waals surface area contributed by atoms with E-state index in [2.05, 4.69) is 34.3 Å². The first-order valence-electron chi connectivity index (χ1n) is 7.80. The van der Waals surface area contributed by atoms with Crippen molar-refractivity contribution in [2.24, 2.45) is 0 Å². The molecular weight excluding hydrogens is 234 g/mol. The molecule has 0 radical (unpaired) electrons. The fourth-order valence-electron chi connectivity index (χ4n) is 2.59. The van der Waals surface area contributed by atoms with Gasteiger partial charge in [-0.25, -0.2) is 4.98 Å². The average molecular weight is 261 g/mol. The molecule has 1 saturated heterocycles. The van der Waals surface area contributed by atoms with Crippen molar-refractivity contribution >= 4 is 5.82 Å². The molecule has 2 heterocycles. The first-order chi connectivity index (χ1) is 9.40. The van der Waals surface area contributed by atoms with E-state index in [4.69, 9.17) is 0 Å². The van der Waals surface area contributed by atoms with E-state index >= 15 is 0 Å². The van der Waals surface area contributed by atoms with Crippen molar-refractivity contribution in [3.63, 3.8) is 0 Å². The Hall–Kier alpha value is -1.09. The molecule has 0 aliphatic carbocycles. The molecular formula is C16H27N3. The Balaban J connectivity index is 1.88. The lowest BCUT2D eigenvalue weighted by molar-refractivity contribution is 0.553. The minimum Gasteiger partial charge on any atom is -0.357 e. The highest BCUT2D eigenvalue weighted by Gasteiger charge is 2.09. The maximum atomic E-state index is 4.64. The summed E-state index contributed by atoms with van der Waals surface area (Å²) in [7, 11) is 0. The Bertz CT molecular complexity index is 340. The van der Waals surface area contributed by atoms with Crippen LogP contribution in [-0.2, 0) is 6.54 Å². The fourth-order valence-corrected chi connectivity index (χ4v) is 2.59. The highest BCUT2D eigenvalue weighted by molar-refractivity contribution is 5.39. The van der Waals surface area contributed by atoms with Crippen molar-refractivity contribution in [3.05, 3.63) is 23.9 Å². The van der Waals surface area contributed by atoms with Gasteiger partial charge >= 0.3 is 0 Å². The van der Waals surface area contributed by atoms with Gasteiger partial charge in [0.15, 0.2) is 0 Å². The molecule has 106 valence electrons. The van der Waals surface area contributed by atoms with E-state index in [1.807, 2.05) is 6.20 Å². The fraction of sp³-hybridized carbons (Fsp3) is 0.688. The summed E-state index contributed by atoms with van der Waals surface area (Å²) in [5.74, 6) is 1.15. The number of nitrogens with one attached hydrogen (secondary N) is 1. The van der Waals surface area contributed by atoms with Crippen LogP contribution in [0, 0.1) is 0 Å². The third-order valence-electron chi connectivity index (χ3n) is 3.75. The van der Waals surface area contributed by atoms with Crippen LogP contribution in [0.15, 0.2) is 18.3 Å². The third kappa shape index (κ3) is 4.83. The molecule has 2 rings (SSSR count). The molecule has 1 aromatic heterocycles. The van der Waals surface area contributed by atoms with Crippen molar-refractivity contribution < 1.29 is 0 Å². The van der Waals surface area contributed by atoms with Crippen molar-refractivity contribution in [3.8, 4) is 0 Å². The molecule has 19 heavy (non-hydrogen) atoms. The summed E-state index contributed by atoms with van der Waals surface area (Å²) in [6.45, 7) is 6.53. The SMILES string of the molecule is CCCNCc1ccc(N2CCCCCCC2)nc1. The summed E-state index contributed by atoms with van der Waals surface area (Å²) in [5.41, 5.74) is 1.28. The van der Waals surface area contributed by atoms with Gasteiger partial charge < -0.3 is 10.2 Å². The molecule has 0 amide bonds. The second-order valence-corrected chi connectivity index (χ2v) is 5.46. The molecule has 3 nitrogen and oxygen atoms in total. The third-order valence-corrected chi connectivity index (χ3v) is 3.75. The standard InChI is InChI=1S/C16H27N3/c1-2-10-17-13-15-8-9-16(18-14-15)19-11-6-4-3-5-7-12-19/h8-9,14,17H,2-7,10-13H2,1H3. The Morgan fingerprint density at radius 1 is 1.11 bits per heavy atom. The minimum absolute atomic E-state index is 0.932. The van der Waals surface area contributed by atoms with E-state index in [9.17, 15) is 0 Å². The molecule has 1 fully saturated rings. The van der Waals surface area contributed by atoms with Gasteiger partial charge in [0.2, 0.25) is 0 Å². The number of hydrogen-bond acceptors (Lipinski definition) is 3. The van der Waals surface area contributed by atoms with Crippen molar-refractivity contribution in [1.82, 2.24) is 10.3 Å². The summed E-state index contributed by atoms with van der Waals surface area (Å²) in [4.78, 5) is 7.09. The Kier molecular flexibility index (Phi) is 6.15. The van der Waals surface area contributed by atoms with Crippen molar-refractivity contribution in [2.75, 3.05) is 24.5 Å². The molecule has 0 unspecified atom stereocenters. The van der Waals surface area contributed by atoms with Gasteiger partial charge in [-0.3, -0.25) is 0 Å². The monoisotopic (exact) mass is 261 g/mol.